The molecule has 13 heavy (non-hydrogen) atoms. The van der Waals surface area contributed by atoms with Crippen molar-refractivity contribution in [2.45, 2.75) is 12.2 Å². The lowest BCUT2D eigenvalue weighted by Crippen LogP contribution is -2.31. The van der Waals surface area contributed by atoms with Crippen molar-refractivity contribution in [2.75, 3.05) is 0 Å². The summed E-state index contributed by atoms with van der Waals surface area (Å²) in [7, 11) is 0. The molecule has 1 heterocycles. The normalized spacial score (nSPS) is 26.4. The van der Waals surface area contributed by atoms with Crippen LogP contribution in [0.1, 0.15) is 0 Å². The molecule has 0 aromatic carbocycles. The molecule has 0 amide bonds. The van der Waals surface area contributed by atoms with Crippen molar-refractivity contribution in [3.8, 4) is 0 Å². The Labute approximate surface area is 75.3 Å². The van der Waals surface area contributed by atoms with Crippen molar-refractivity contribution in [3.05, 3.63) is 25.2 Å². The molecule has 1 rings (SSSR count). The van der Waals surface area contributed by atoms with Crippen molar-refractivity contribution in [2.24, 2.45) is 15.7 Å². The van der Waals surface area contributed by atoms with E-state index in [0.717, 1.165) is 12.5 Å². The van der Waals surface area contributed by atoms with Crippen LogP contribution in [-0.2, 0) is 4.74 Å². The van der Waals surface area contributed by atoms with Gasteiger partial charge in [0.2, 0.25) is 5.96 Å². The van der Waals surface area contributed by atoms with Crippen LogP contribution in [0.25, 0.3) is 0 Å². The van der Waals surface area contributed by atoms with Crippen molar-refractivity contribution < 1.29 is 9.13 Å². The van der Waals surface area contributed by atoms with Crippen molar-refractivity contribution in [1.82, 2.24) is 0 Å². The Hall–Kier alpha value is -1.65. The summed E-state index contributed by atoms with van der Waals surface area (Å²) in [6.07, 6.45) is 0.886. The van der Waals surface area contributed by atoms with E-state index < -0.39 is 12.2 Å². The van der Waals surface area contributed by atoms with Crippen LogP contribution >= 0.6 is 0 Å². The van der Waals surface area contributed by atoms with Gasteiger partial charge in [-0.05, 0) is 0 Å². The lowest BCUT2D eigenvalue weighted by molar-refractivity contribution is 0.276. The minimum Gasteiger partial charge on any atom is -0.468 e. The number of rotatable bonds is 3. The molecule has 0 bridgehead atoms. The Balaban J connectivity index is 2.74. The Morgan fingerprint density at radius 1 is 1.77 bits per heavy atom. The molecule has 0 fully saturated rings. The number of hydrogen-bond donors (Lipinski definition) is 1. The number of ether oxygens (including phenoxy) is 1. The fraction of sp³-hybridized carbons (Fsp3) is 0.250. The number of alkyl halides is 1. The third-order valence-corrected chi connectivity index (χ3v) is 1.49. The molecular formula is C8H10FN3O. The minimum atomic E-state index is -1.35. The van der Waals surface area contributed by atoms with Gasteiger partial charge in [0.1, 0.15) is 11.8 Å². The first kappa shape index (κ1) is 9.44. The first-order valence-electron chi connectivity index (χ1n) is 3.63. The lowest BCUT2D eigenvalue weighted by Gasteiger charge is -2.18. The predicted octanol–water partition coefficient (Wildman–Crippen LogP) is 0.766. The van der Waals surface area contributed by atoms with Gasteiger partial charge in [-0.1, -0.05) is 13.2 Å². The monoisotopic (exact) mass is 183 g/mol. The van der Waals surface area contributed by atoms with E-state index in [1.807, 2.05) is 0 Å². The lowest BCUT2D eigenvalue weighted by atomic mass is 10.1. The van der Waals surface area contributed by atoms with Crippen LogP contribution in [0.2, 0.25) is 0 Å². The summed E-state index contributed by atoms with van der Waals surface area (Å²) in [6.45, 7) is 6.82. The summed E-state index contributed by atoms with van der Waals surface area (Å²) in [4.78, 5) is 7.24. The number of nitrogens with zero attached hydrogens (tertiary/aromatic N) is 2. The molecule has 5 heteroatoms. The quantitative estimate of drug-likeness (QED) is 0.657. The van der Waals surface area contributed by atoms with E-state index in [1.54, 1.807) is 0 Å². The zero-order chi connectivity index (χ0) is 9.84. The molecule has 4 nitrogen and oxygen atoms in total. The summed E-state index contributed by atoms with van der Waals surface area (Å²) < 4.78 is 17.9. The molecule has 70 valence electrons. The summed E-state index contributed by atoms with van der Waals surface area (Å²) in [6, 6.07) is -0.824. The molecule has 0 spiro atoms. The van der Waals surface area contributed by atoms with Crippen LogP contribution in [-0.4, -0.2) is 24.4 Å². The second-order valence-electron chi connectivity index (χ2n) is 2.41. The van der Waals surface area contributed by atoms with E-state index in [9.17, 15) is 4.39 Å². The maximum absolute atomic E-state index is 13.1. The fourth-order valence-electron chi connectivity index (χ4n) is 0.902. The van der Waals surface area contributed by atoms with Crippen molar-refractivity contribution in [1.29, 1.82) is 0 Å². The first-order chi connectivity index (χ1) is 6.15. The highest BCUT2D eigenvalue weighted by molar-refractivity contribution is 5.90. The third-order valence-electron chi connectivity index (χ3n) is 1.49. The largest absolute Gasteiger partial charge is 0.468 e. The minimum absolute atomic E-state index is 0.0210. The average Bonchev–Trinajstić information content (AvgIpc) is 2.09. The molecule has 1 aliphatic rings. The number of nitrogens with two attached hydrogens (primary N) is 1. The molecule has 0 saturated carbocycles. The van der Waals surface area contributed by atoms with Crippen molar-refractivity contribution in [3.63, 3.8) is 0 Å². The molecule has 2 atom stereocenters. The summed E-state index contributed by atoms with van der Waals surface area (Å²) >= 11 is 0. The zero-order valence-electron chi connectivity index (χ0n) is 6.98. The summed E-state index contributed by atoms with van der Waals surface area (Å²) in [5.74, 6) is 0.185. The maximum atomic E-state index is 13.1. The number of hydrogen-bond acceptors (Lipinski definition) is 4. The molecular weight excluding hydrogens is 173 g/mol. The van der Waals surface area contributed by atoms with Gasteiger partial charge in [-0.3, -0.25) is 0 Å². The first-order valence-corrected chi connectivity index (χ1v) is 3.63. The molecule has 2 unspecified atom stereocenters. The van der Waals surface area contributed by atoms with E-state index in [0.29, 0.717) is 0 Å². The summed E-state index contributed by atoms with van der Waals surface area (Å²) in [5.41, 5.74) is 5.28. The Morgan fingerprint density at radius 2 is 2.46 bits per heavy atom. The van der Waals surface area contributed by atoms with E-state index >= 15 is 0 Å². The zero-order valence-corrected chi connectivity index (χ0v) is 6.98. The van der Waals surface area contributed by atoms with Crippen LogP contribution in [0.4, 0.5) is 4.39 Å². The standard InChI is InChI=1S/C8H10FN3O/c1-3-13-5(2)7-6(9)4-11-8(10)12-7/h3-4,6-7H,1-2H2,(H2,10,12). The van der Waals surface area contributed by atoms with Crippen LogP contribution < -0.4 is 5.73 Å². The summed E-state index contributed by atoms with van der Waals surface area (Å²) in [5, 5.41) is 0. The number of halogens is 1. The Morgan fingerprint density at radius 3 is 3.08 bits per heavy atom. The highest BCUT2D eigenvalue weighted by Gasteiger charge is 2.25. The number of guanidine groups is 1. The van der Waals surface area contributed by atoms with Crippen LogP contribution in [0.15, 0.2) is 35.2 Å². The molecule has 0 aromatic heterocycles. The topological polar surface area (TPSA) is 60.0 Å². The predicted molar refractivity (Wildman–Crippen MR) is 49.2 cm³/mol. The van der Waals surface area contributed by atoms with Crippen LogP contribution in [0.5, 0.6) is 0 Å². The van der Waals surface area contributed by atoms with Gasteiger partial charge in [0.25, 0.3) is 0 Å². The average molecular weight is 183 g/mol. The Kier molecular flexibility index (Phi) is 2.79. The van der Waals surface area contributed by atoms with Gasteiger partial charge in [0, 0.05) is 6.21 Å². The molecule has 0 saturated heterocycles. The molecule has 0 radical (unpaired) electrons. The van der Waals surface area contributed by atoms with Gasteiger partial charge in [-0.15, -0.1) is 0 Å². The van der Waals surface area contributed by atoms with E-state index in [-0.39, 0.29) is 11.7 Å². The molecule has 2 N–H and O–H groups in total. The maximum Gasteiger partial charge on any atom is 0.215 e. The third kappa shape index (κ3) is 2.14. The fourth-order valence-corrected chi connectivity index (χ4v) is 0.902. The van der Waals surface area contributed by atoms with Crippen LogP contribution in [0, 0.1) is 0 Å². The highest BCUT2D eigenvalue weighted by atomic mass is 19.1. The SMILES string of the molecule is C=COC(=C)C1N=C(N)N=CC1F. The molecule has 1 aliphatic heterocycles. The smallest absolute Gasteiger partial charge is 0.215 e. The van der Waals surface area contributed by atoms with E-state index in [2.05, 4.69) is 23.1 Å². The van der Waals surface area contributed by atoms with Gasteiger partial charge in [-0.25, -0.2) is 14.4 Å². The van der Waals surface area contributed by atoms with E-state index in [4.69, 9.17) is 10.5 Å². The number of aliphatic imine (C=N–C) groups is 2. The van der Waals surface area contributed by atoms with Crippen LogP contribution in [0.3, 0.4) is 0 Å². The van der Waals surface area contributed by atoms with Gasteiger partial charge in [0.05, 0.1) is 6.26 Å². The van der Waals surface area contributed by atoms with Crippen molar-refractivity contribution >= 4 is 12.2 Å². The second kappa shape index (κ2) is 3.84. The Bertz CT molecular complexity index is 285. The van der Waals surface area contributed by atoms with Gasteiger partial charge in [0.15, 0.2) is 6.17 Å². The van der Waals surface area contributed by atoms with E-state index in [1.165, 1.54) is 0 Å². The second-order valence-corrected chi connectivity index (χ2v) is 2.41. The van der Waals surface area contributed by atoms with Gasteiger partial charge in [-0.2, -0.15) is 0 Å². The van der Waals surface area contributed by atoms with Gasteiger partial charge >= 0.3 is 0 Å². The molecule has 0 aromatic rings. The molecule has 0 aliphatic carbocycles. The highest BCUT2D eigenvalue weighted by Crippen LogP contribution is 2.15. The van der Waals surface area contributed by atoms with Gasteiger partial charge < -0.3 is 10.5 Å².